The van der Waals surface area contributed by atoms with Crippen molar-refractivity contribution in [2.24, 2.45) is 0 Å². The molecule has 5 heteroatoms. The predicted octanol–water partition coefficient (Wildman–Crippen LogP) is 1.42. The van der Waals surface area contributed by atoms with E-state index in [0.717, 1.165) is 12.8 Å². The van der Waals surface area contributed by atoms with Crippen molar-refractivity contribution < 1.29 is 0 Å². The minimum Gasteiger partial charge on any atom is -0.395 e. The fraction of sp³-hybridized carbons (Fsp3) is 0.417. The summed E-state index contributed by atoms with van der Waals surface area (Å²) in [7, 11) is 0. The summed E-state index contributed by atoms with van der Waals surface area (Å²) < 4.78 is 0. The number of hydrogen-bond acceptors (Lipinski definition) is 5. The number of rotatable bonds is 4. The smallest absolute Gasteiger partial charge is 0.153 e. The predicted molar refractivity (Wildman–Crippen MR) is 64.0 cm³/mol. The third-order valence-corrected chi connectivity index (χ3v) is 2.81. The molecule has 0 atom stereocenters. The molecule has 1 heterocycles. The van der Waals surface area contributed by atoms with E-state index >= 15 is 0 Å². The average molecular weight is 227 g/mol. The summed E-state index contributed by atoms with van der Waals surface area (Å²) in [5, 5.41) is 17.6. The number of hydrogen-bond donors (Lipinski definition) is 1. The second-order valence-electron chi connectivity index (χ2n) is 4.04. The highest BCUT2D eigenvalue weighted by molar-refractivity contribution is 5.70. The van der Waals surface area contributed by atoms with Gasteiger partial charge in [0.15, 0.2) is 5.82 Å². The summed E-state index contributed by atoms with van der Waals surface area (Å²) in [5.74, 6) is 0.641. The van der Waals surface area contributed by atoms with Crippen LogP contribution in [-0.2, 0) is 0 Å². The van der Waals surface area contributed by atoms with Crippen LogP contribution >= 0.6 is 0 Å². The van der Waals surface area contributed by atoms with Crippen molar-refractivity contribution in [3.8, 4) is 12.1 Å². The van der Waals surface area contributed by atoms with Crippen LogP contribution < -0.4 is 10.6 Å². The van der Waals surface area contributed by atoms with Gasteiger partial charge in [-0.15, -0.1) is 0 Å². The van der Waals surface area contributed by atoms with Crippen molar-refractivity contribution in [2.75, 3.05) is 17.2 Å². The number of anilines is 2. The van der Waals surface area contributed by atoms with E-state index in [1.165, 1.54) is 0 Å². The van der Waals surface area contributed by atoms with E-state index in [9.17, 15) is 0 Å². The first kappa shape index (κ1) is 11.2. The Morgan fingerprint density at radius 3 is 2.82 bits per heavy atom. The SMILES string of the molecule is N#CCCN(c1nccc(C#N)c1N)C1CC1. The van der Waals surface area contributed by atoms with Crippen LogP contribution in [0.25, 0.3) is 0 Å². The largest absolute Gasteiger partial charge is 0.395 e. The Balaban J connectivity index is 2.30. The molecule has 1 aliphatic carbocycles. The fourth-order valence-corrected chi connectivity index (χ4v) is 1.81. The quantitative estimate of drug-likeness (QED) is 0.840. The summed E-state index contributed by atoms with van der Waals surface area (Å²) in [6.07, 6.45) is 4.23. The highest BCUT2D eigenvalue weighted by Crippen LogP contribution is 2.34. The third kappa shape index (κ3) is 2.29. The number of nitriles is 2. The zero-order valence-electron chi connectivity index (χ0n) is 9.43. The zero-order valence-corrected chi connectivity index (χ0v) is 9.43. The molecule has 1 aromatic heterocycles. The lowest BCUT2D eigenvalue weighted by Gasteiger charge is -2.23. The summed E-state index contributed by atoms with van der Waals surface area (Å²) in [4.78, 5) is 6.28. The minimum atomic E-state index is 0.417. The normalized spacial score (nSPS) is 13.8. The molecule has 5 nitrogen and oxygen atoms in total. The number of nitrogens with two attached hydrogens (primary N) is 1. The number of nitrogens with zero attached hydrogens (tertiary/aromatic N) is 4. The van der Waals surface area contributed by atoms with Gasteiger partial charge in [-0.3, -0.25) is 0 Å². The van der Waals surface area contributed by atoms with Crippen LogP contribution in [0, 0.1) is 22.7 Å². The Morgan fingerprint density at radius 2 is 2.24 bits per heavy atom. The summed E-state index contributed by atoms with van der Waals surface area (Å²) >= 11 is 0. The maximum Gasteiger partial charge on any atom is 0.153 e. The molecule has 0 spiro atoms. The first-order valence-corrected chi connectivity index (χ1v) is 5.56. The molecule has 1 saturated carbocycles. The van der Waals surface area contributed by atoms with Gasteiger partial charge in [0.25, 0.3) is 0 Å². The van der Waals surface area contributed by atoms with Crippen molar-refractivity contribution >= 4 is 11.5 Å². The second-order valence-corrected chi connectivity index (χ2v) is 4.04. The molecule has 0 radical (unpaired) electrons. The maximum absolute atomic E-state index is 8.93. The van der Waals surface area contributed by atoms with E-state index in [1.807, 2.05) is 11.0 Å². The van der Waals surface area contributed by atoms with Gasteiger partial charge in [0.1, 0.15) is 6.07 Å². The van der Waals surface area contributed by atoms with Crippen LogP contribution in [0.2, 0.25) is 0 Å². The van der Waals surface area contributed by atoms with Crippen LogP contribution in [0.5, 0.6) is 0 Å². The third-order valence-electron chi connectivity index (χ3n) is 2.81. The minimum absolute atomic E-state index is 0.417. The summed E-state index contributed by atoms with van der Waals surface area (Å²) in [6, 6.07) is 6.20. The Labute approximate surface area is 100 Å². The van der Waals surface area contributed by atoms with Gasteiger partial charge in [-0.25, -0.2) is 4.98 Å². The van der Waals surface area contributed by atoms with Gasteiger partial charge < -0.3 is 10.6 Å². The first-order chi connectivity index (χ1) is 8.27. The average Bonchev–Trinajstić information content (AvgIpc) is 3.16. The van der Waals surface area contributed by atoms with E-state index in [2.05, 4.69) is 11.1 Å². The molecule has 2 N–H and O–H groups in total. The van der Waals surface area contributed by atoms with Gasteiger partial charge in [0.2, 0.25) is 0 Å². The van der Waals surface area contributed by atoms with Crippen LogP contribution in [0.3, 0.4) is 0 Å². The van der Waals surface area contributed by atoms with Gasteiger partial charge in [0, 0.05) is 18.8 Å². The zero-order chi connectivity index (χ0) is 12.3. The molecule has 0 aliphatic heterocycles. The van der Waals surface area contributed by atoms with Crippen molar-refractivity contribution in [2.45, 2.75) is 25.3 Å². The Kier molecular flexibility index (Phi) is 3.11. The molecule has 1 aliphatic rings. The van der Waals surface area contributed by atoms with E-state index in [4.69, 9.17) is 16.3 Å². The Morgan fingerprint density at radius 1 is 1.47 bits per heavy atom. The van der Waals surface area contributed by atoms with Crippen molar-refractivity contribution in [1.29, 1.82) is 10.5 Å². The molecular formula is C12H13N5. The fourth-order valence-electron chi connectivity index (χ4n) is 1.81. The Bertz CT molecular complexity index is 493. The van der Waals surface area contributed by atoms with Gasteiger partial charge >= 0.3 is 0 Å². The molecule has 17 heavy (non-hydrogen) atoms. The first-order valence-electron chi connectivity index (χ1n) is 5.56. The molecule has 1 aromatic rings. The second kappa shape index (κ2) is 4.71. The monoisotopic (exact) mass is 227 g/mol. The van der Waals surface area contributed by atoms with E-state index in [1.54, 1.807) is 12.3 Å². The van der Waals surface area contributed by atoms with Gasteiger partial charge in [-0.1, -0.05) is 0 Å². The molecule has 0 amide bonds. The highest BCUT2D eigenvalue weighted by atomic mass is 15.2. The lowest BCUT2D eigenvalue weighted by atomic mass is 10.2. The number of nitrogen functional groups attached to an aromatic ring is 1. The van der Waals surface area contributed by atoms with E-state index in [0.29, 0.717) is 36.1 Å². The van der Waals surface area contributed by atoms with Crippen molar-refractivity contribution in [1.82, 2.24) is 4.98 Å². The molecule has 2 rings (SSSR count). The van der Waals surface area contributed by atoms with Crippen LogP contribution in [0.1, 0.15) is 24.8 Å². The molecule has 86 valence electrons. The lowest BCUT2D eigenvalue weighted by Crippen LogP contribution is -2.28. The van der Waals surface area contributed by atoms with Crippen LogP contribution in [-0.4, -0.2) is 17.6 Å². The molecule has 0 bridgehead atoms. The number of pyridine rings is 1. The summed E-state index contributed by atoms with van der Waals surface area (Å²) in [6.45, 7) is 0.618. The number of aromatic nitrogens is 1. The summed E-state index contributed by atoms with van der Waals surface area (Å²) in [5.41, 5.74) is 6.78. The topological polar surface area (TPSA) is 89.7 Å². The van der Waals surface area contributed by atoms with Gasteiger partial charge in [0.05, 0.1) is 23.7 Å². The maximum atomic E-state index is 8.93. The standard InChI is InChI=1S/C12H13N5/c13-5-1-7-17(10-2-3-10)12-11(15)9(8-14)4-6-16-12/h4,6,10H,1-3,7,15H2. The molecular weight excluding hydrogens is 214 g/mol. The lowest BCUT2D eigenvalue weighted by molar-refractivity contribution is 0.779. The van der Waals surface area contributed by atoms with Crippen molar-refractivity contribution in [3.63, 3.8) is 0 Å². The van der Waals surface area contributed by atoms with E-state index < -0.39 is 0 Å². The van der Waals surface area contributed by atoms with E-state index in [-0.39, 0.29) is 0 Å². The highest BCUT2D eigenvalue weighted by Gasteiger charge is 2.31. The molecule has 0 saturated heterocycles. The van der Waals surface area contributed by atoms with Crippen molar-refractivity contribution in [3.05, 3.63) is 17.8 Å². The molecule has 0 unspecified atom stereocenters. The van der Waals surface area contributed by atoms with Crippen LogP contribution in [0.4, 0.5) is 11.5 Å². The molecule has 0 aromatic carbocycles. The van der Waals surface area contributed by atoms with Crippen LogP contribution in [0.15, 0.2) is 12.3 Å². The Hall–Kier alpha value is -2.27. The van der Waals surface area contributed by atoms with Gasteiger partial charge in [-0.05, 0) is 18.9 Å². The molecule has 1 fully saturated rings. The van der Waals surface area contributed by atoms with Gasteiger partial charge in [-0.2, -0.15) is 10.5 Å².